The summed E-state index contributed by atoms with van der Waals surface area (Å²) < 4.78 is 18.9. The second-order valence-electron chi connectivity index (χ2n) is 7.26. The number of piperidine rings is 1. The third-order valence-electron chi connectivity index (χ3n) is 5.23. The summed E-state index contributed by atoms with van der Waals surface area (Å²) in [5.41, 5.74) is -0.123. The number of hydrogen-bond acceptors (Lipinski definition) is 5. The van der Waals surface area contributed by atoms with Gasteiger partial charge >= 0.3 is 6.03 Å². The van der Waals surface area contributed by atoms with Crippen molar-refractivity contribution in [1.82, 2.24) is 15.4 Å². The Bertz CT molecular complexity index is 899. The van der Waals surface area contributed by atoms with E-state index in [1.807, 2.05) is 6.92 Å². The van der Waals surface area contributed by atoms with Gasteiger partial charge in [-0.2, -0.15) is 0 Å². The lowest BCUT2D eigenvalue weighted by molar-refractivity contribution is -0.132. The van der Waals surface area contributed by atoms with Gasteiger partial charge in [0.25, 0.3) is 5.91 Å². The van der Waals surface area contributed by atoms with Crippen molar-refractivity contribution in [1.29, 1.82) is 0 Å². The molecule has 1 spiro atoms. The number of halogens is 1. The molecule has 2 aliphatic heterocycles. The Morgan fingerprint density at radius 3 is 2.85 bits per heavy atom. The van der Waals surface area contributed by atoms with Crippen LogP contribution in [0.3, 0.4) is 0 Å². The van der Waals surface area contributed by atoms with Gasteiger partial charge in [0.2, 0.25) is 0 Å². The molecular formula is C19H21FN4O3. The molecule has 0 saturated carbocycles. The molecule has 1 aromatic heterocycles. The quantitative estimate of drug-likeness (QED) is 0.838. The first-order valence-electron chi connectivity index (χ1n) is 8.98. The van der Waals surface area contributed by atoms with Crippen LogP contribution in [-0.4, -0.2) is 40.1 Å². The van der Waals surface area contributed by atoms with Crippen molar-refractivity contribution in [2.75, 3.05) is 11.4 Å². The number of amides is 3. The number of rotatable bonds is 3. The highest BCUT2D eigenvalue weighted by Gasteiger charge is 2.59. The molecule has 142 valence electrons. The van der Waals surface area contributed by atoms with E-state index in [0.717, 1.165) is 0 Å². The summed E-state index contributed by atoms with van der Waals surface area (Å²) in [6, 6.07) is 7.11. The van der Waals surface area contributed by atoms with Gasteiger partial charge in [0.1, 0.15) is 22.8 Å². The largest absolute Gasteiger partial charge is 0.361 e. The number of urea groups is 1. The number of carbonyl (C=O) groups is 2. The molecule has 0 aliphatic carbocycles. The van der Waals surface area contributed by atoms with Crippen LogP contribution in [-0.2, 0) is 11.3 Å². The van der Waals surface area contributed by atoms with Crippen molar-refractivity contribution in [3.8, 4) is 0 Å². The number of benzene rings is 1. The molecule has 0 unspecified atom stereocenters. The molecule has 4 rings (SSSR count). The second kappa shape index (κ2) is 6.45. The first kappa shape index (κ1) is 17.7. The van der Waals surface area contributed by atoms with E-state index in [1.54, 1.807) is 25.1 Å². The average molecular weight is 372 g/mol. The summed E-state index contributed by atoms with van der Waals surface area (Å²) in [6.07, 6.45) is 0.926. The molecule has 8 heteroatoms. The fraction of sp³-hybridized carbons (Fsp3) is 0.421. The average Bonchev–Trinajstić information content (AvgIpc) is 3.11. The molecule has 27 heavy (non-hydrogen) atoms. The van der Waals surface area contributed by atoms with Gasteiger partial charge in [-0.3, -0.25) is 14.6 Å². The van der Waals surface area contributed by atoms with Crippen LogP contribution in [0.15, 0.2) is 34.9 Å². The van der Waals surface area contributed by atoms with E-state index >= 15 is 0 Å². The minimum absolute atomic E-state index is 0.0321. The monoisotopic (exact) mass is 372 g/mol. The number of aromatic nitrogens is 1. The van der Waals surface area contributed by atoms with Crippen LogP contribution in [0.5, 0.6) is 0 Å². The number of nitrogens with zero attached hydrogens (tertiary/aromatic N) is 3. The highest BCUT2D eigenvalue weighted by atomic mass is 19.1. The van der Waals surface area contributed by atoms with Gasteiger partial charge in [-0.15, -0.1) is 0 Å². The molecule has 0 radical (unpaired) electrons. The van der Waals surface area contributed by atoms with Gasteiger partial charge in [0.05, 0.1) is 6.54 Å². The molecule has 1 N–H and O–H groups in total. The number of nitrogens with one attached hydrogen (secondary N) is 1. The minimum atomic E-state index is -1.02. The lowest BCUT2D eigenvalue weighted by Gasteiger charge is -2.41. The smallest absolute Gasteiger partial charge is 0.332 e. The molecule has 2 saturated heterocycles. The van der Waals surface area contributed by atoms with Crippen molar-refractivity contribution < 1.29 is 18.5 Å². The maximum atomic E-state index is 13.9. The predicted molar refractivity (Wildman–Crippen MR) is 95.5 cm³/mol. The summed E-state index contributed by atoms with van der Waals surface area (Å²) in [5, 5.41) is 7.21. The summed E-state index contributed by atoms with van der Waals surface area (Å²) in [6.45, 7) is 4.36. The van der Waals surface area contributed by atoms with Crippen molar-refractivity contribution in [2.24, 2.45) is 0 Å². The molecule has 0 bridgehead atoms. The van der Waals surface area contributed by atoms with Crippen LogP contribution in [0.1, 0.15) is 31.2 Å². The third-order valence-corrected chi connectivity index (χ3v) is 5.23. The van der Waals surface area contributed by atoms with Crippen LogP contribution in [0.25, 0.3) is 0 Å². The summed E-state index contributed by atoms with van der Waals surface area (Å²) >= 11 is 0. The molecule has 2 aliphatic rings. The molecule has 3 heterocycles. The number of imide groups is 1. The fourth-order valence-electron chi connectivity index (χ4n) is 4.11. The standard InChI is InChI=1S/C19H21FN4O3/c1-12-10-19(6-7-21-12)17(25)23(11-15-8-13(2)27-22-15)18(26)24(19)16-5-3-4-14(20)9-16/h3-5,8-9,12,21H,6-7,10-11H2,1-2H3/t12-,19-/m0/s1. The first-order chi connectivity index (χ1) is 12.9. The summed E-state index contributed by atoms with van der Waals surface area (Å²) in [4.78, 5) is 29.3. The Balaban J connectivity index is 1.76. The van der Waals surface area contributed by atoms with Crippen LogP contribution in [0.4, 0.5) is 14.9 Å². The normalized spacial score (nSPS) is 25.7. The molecule has 1 aromatic carbocycles. The van der Waals surface area contributed by atoms with Gasteiger partial charge < -0.3 is 9.84 Å². The Kier molecular flexibility index (Phi) is 4.22. The van der Waals surface area contributed by atoms with Crippen LogP contribution in [0, 0.1) is 12.7 Å². The van der Waals surface area contributed by atoms with Crippen LogP contribution in [0.2, 0.25) is 0 Å². The zero-order valence-corrected chi connectivity index (χ0v) is 15.2. The van der Waals surface area contributed by atoms with Crippen LogP contribution >= 0.6 is 0 Å². The number of carbonyl (C=O) groups excluding carboxylic acids is 2. The summed E-state index contributed by atoms with van der Waals surface area (Å²) in [7, 11) is 0. The summed E-state index contributed by atoms with van der Waals surface area (Å²) in [5.74, 6) is -0.113. The first-order valence-corrected chi connectivity index (χ1v) is 8.98. The van der Waals surface area contributed by atoms with E-state index in [0.29, 0.717) is 36.5 Å². The molecule has 3 amide bonds. The molecule has 2 fully saturated rings. The maximum Gasteiger partial charge on any atom is 0.332 e. The SMILES string of the molecule is Cc1cc(CN2C(=O)N(c3cccc(F)c3)[C@]3(CCN[C@@H](C)C3)C2=O)no1. The lowest BCUT2D eigenvalue weighted by atomic mass is 9.83. The lowest BCUT2D eigenvalue weighted by Crippen LogP contribution is -2.58. The number of anilines is 1. The number of hydrogen-bond donors (Lipinski definition) is 1. The van der Waals surface area contributed by atoms with Gasteiger partial charge in [0, 0.05) is 17.8 Å². The Morgan fingerprint density at radius 2 is 2.19 bits per heavy atom. The van der Waals surface area contributed by atoms with Gasteiger partial charge in [-0.05, 0) is 51.4 Å². The molecule has 7 nitrogen and oxygen atoms in total. The second-order valence-corrected chi connectivity index (χ2v) is 7.26. The predicted octanol–water partition coefficient (Wildman–Crippen LogP) is 2.60. The highest BCUT2D eigenvalue weighted by molar-refractivity contribution is 6.16. The topological polar surface area (TPSA) is 78.7 Å². The van der Waals surface area contributed by atoms with Crippen molar-refractivity contribution in [2.45, 2.75) is 44.8 Å². The molecular weight excluding hydrogens is 351 g/mol. The third kappa shape index (κ3) is 2.90. The van der Waals surface area contributed by atoms with E-state index in [9.17, 15) is 14.0 Å². The van der Waals surface area contributed by atoms with Crippen molar-refractivity contribution in [3.63, 3.8) is 0 Å². The van der Waals surface area contributed by atoms with Gasteiger partial charge in [-0.1, -0.05) is 11.2 Å². The van der Waals surface area contributed by atoms with Crippen molar-refractivity contribution >= 4 is 17.6 Å². The fourth-order valence-corrected chi connectivity index (χ4v) is 4.11. The van der Waals surface area contributed by atoms with E-state index in [1.165, 1.54) is 21.9 Å². The Labute approximate surface area is 156 Å². The Hall–Kier alpha value is -2.74. The van der Waals surface area contributed by atoms with E-state index < -0.39 is 17.4 Å². The van der Waals surface area contributed by atoms with Gasteiger partial charge in [0.15, 0.2) is 0 Å². The molecule has 2 atom stereocenters. The van der Waals surface area contributed by atoms with Gasteiger partial charge in [-0.25, -0.2) is 9.18 Å². The van der Waals surface area contributed by atoms with Crippen LogP contribution < -0.4 is 10.2 Å². The Morgan fingerprint density at radius 1 is 1.37 bits per heavy atom. The van der Waals surface area contributed by atoms with Crippen molar-refractivity contribution in [3.05, 3.63) is 47.6 Å². The molecule has 2 aromatic rings. The zero-order chi connectivity index (χ0) is 19.2. The van der Waals surface area contributed by atoms with E-state index in [-0.39, 0.29) is 18.5 Å². The van der Waals surface area contributed by atoms with E-state index in [2.05, 4.69) is 10.5 Å². The minimum Gasteiger partial charge on any atom is -0.361 e. The highest BCUT2D eigenvalue weighted by Crippen LogP contribution is 2.41. The van der Waals surface area contributed by atoms with E-state index in [4.69, 9.17) is 4.52 Å². The maximum absolute atomic E-state index is 13.9. The zero-order valence-electron chi connectivity index (χ0n) is 15.2. The number of aryl methyl sites for hydroxylation is 1.